The third-order valence-corrected chi connectivity index (χ3v) is 4.35. The standard InChI is InChI=1S/C14H20N4OS/c1-8-7-9(2)17-13-10(8)11(15)12(20-13)14(19)18(4)6-5-16-3/h7,16H,5-6,15H2,1-4H3. The molecule has 0 fully saturated rings. The normalized spacial score (nSPS) is 11.0. The van der Waals surface area contributed by atoms with Crippen molar-refractivity contribution in [1.82, 2.24) is 15.2 Å². The van der Waals surface area contributed by atoms with Gasteiger partial charge in [0.25, 0.3) is 5.91 Å². The first-order chi connectivity index (χ1) is 9.45. The Balaban J connectivity index is 2.43. The summed E-state index contributed by atoms with van der Waals surface area (Å²) in [5.74, 6) is -0.0437. The third kappa shape index (κ3) is 2.62. The highest BCUT2D eigenvalue weighted by molar-refractivity contribution is 7.21. The first-order valence-electron chi connectivity index (χ1n) is 6.52. The van der Waals surface area contributed by atoms with E-state index in [1.807, 2.05) is 27.0 Å². The molecule has 2 rings (SSSR count). The van der Waals surface area contributed by atoms with Crippen molar-refractivity contribution in [2.45, 2.75) is 13.8 Å². The van der Waals surface area contributed by atoms with Gasteiger partial charge >= 0.3 is 0 Å². The maximum absolute atomic E-state index is 12.4. The van der Waals surface area contributed by atoms with Crippen LogP contribution in [0.3, 0.4) is 0 Å². The van der Waals surface area contributed by atoms with Crippen LogP contribution in [0.15, 0.2) is 6.07 Å². The maximum atomic E-state index is 12.4. The Morgan fingerprint density at radius 3 is 2.85 bits per heavy atom. The summed E-state index contributed by atoms with van der Waals surface area (Å²) in [6.45, 7) is 5.35. The number of hydrogen-bond acceptors (Lipinski definition) is 5. The number of likely N-dealkylation sites (N-methyl/N-ethyl adjacent to an activating group) is 2. The fourth-order valence-electron chi connectivity index (χ4n) is 2.18. The van der Waals surface area contributed by atoms with Crippen LogP contribution in [0, 0.1) is 13.8 Å². The number of aromatic nitrogens is 1. The maximum Gasteiger partial charge on any atom is 0.265 e. The molecule has 0 unspecified atom stereocenters. The van der Waals surface area contributed by atoms with E-state index >= 15 is 0 Å². The molecule has 0 aliphatic carbocycles. The van der Waals surface area contributed by atoms with Crippen molar-refractivity contribution in [3.63, 3.8) is 0 Å². The molecule has 0 radical (unpaired) electrons. The Morgan fingerprint density at radius 2 is 2.20 bits per heavy atom. The Morgan fingerprint density at radius 1 is 1.50 bits per heavy atom. The molecule has 3 N–H and O–H groups in total. The van der Waals surface area contributed by atoms with E-state index in [-0.39, 0.29) is 5.91 Å². The van der Waals surface area contributed by atoms with Gasteiger partial charge in [-0.2, -0.15) is 0 Å². The molecule has 0 saturated carbocycles. The van der Waals surface area contributed by atoms with Gasteiger partial charge in [0.2, 0.25) is 0 Å². The molecule has 0 atom stereocenters. The van der Waals surface area contributed by atoms with Gasteiger partial charge in [0.05, 0.1) is 5.69 Å². The monoisotopic (exact) mass is 292 g/mol. The molecule has 0 aliphatic heterocycles. The van der Waals surface area contributed by atoms with Crippen molar-refractivity contribution in [1.29, 1.82) is 0 Å². The van der Waals surface area contributed by atoms with Gasteiger partial charge in [-0.25, -0.2) is 4.98 Å². The van der Waals surface area contributed by atoms with E-state index in [0.717, 1.165) is 28.0 Å². The Labute approximate surface area is 122 Å². The van der Waals surface area contributed by atoms with Crippen molar-refractivity contribution >= 4 is 33.1 Å². The molecule has 5 nitrogen and oxygen atoms in total. The summed E-state index contributed by atoms with van der Waals surface area (Å²) in [5.41, 5.74) is 8.73. The van der Waals surface area contributed by atoms with Crippen LogP contribution in [0.1, 0.15) is 20.9 Å². The van der Waals surface area contributed by atoms with Crippen LogP contribution < -0.4 is 11.1 Å². The lowest BCUT2D eigenvalue weighted by Gasteiger charge is -2.16. The summed E-state index contributed by atoms with van der Waals surface area (Å²) in [7, 11) is 3.65. The zero-order chi connectivity index (χ0) is 14.9. The molecular formula is C14H20N4OS. The fourth-order valence-corrected chi connectivity index (χ4v) is 3.39. The lowest BCUT2D eigenvalue weighted by Crippen LogP contribution is -2.32. The van der Waals surface area contributed by atoms with Gasteiger partial charge in [-0.3, -0.25) is 4.79 Å². The number of anilines is 1. The van der Waals surface area contributed by atoms with E-state index < -0.39 is 0 Å². The number of fused-ring (bicyclic) bond motifs is 1. The molecule has 0 saturated heterocycles. The van der Waals surface area contributed by atoms with Crippen molar-refractivity contribution in [3.8, 4) is 0 Å². The summed E-state index contributed by atoms with van der Waals surface area (Å²) < 4.78 is 0. The summed E-state index contributed by atoms with van der Waals surface area (Å²) in [5, 5.41) is 3.94. The summed E-state index contributed by atoms with van der Waals surface area (Å²) in [6.07, 6.45) is 0. The largest absolute Gasteiger partial charge is 0.397 e. The topological polar surface area (TPSA) is 71.2 Å². The lowest BCUT2D eigenvalue weighted by molar-refractivity contribution is 0.0802. The number of pyridine rings is 1. The summed E-state index contributed by atoms with van der Waals surface area (Å²) in [6, 6.07) is 1.99. The molecule has 0 spiro atoms. The lowest BCUT2D eigenvalue weighted by atomic mass is 10.1. The number of carbonyl (C=O) groups excluding carboxylic acids is 1. The Bertz CT molecular complexity index is 650. The van der Waals surface area contributed by atoms with Crippen LogP contribution in [0.4, 0.5) is 5.69 Å². The minimum atomic E-state index is -0.0437. The third-order valence-electron chi connectivity index (χ3n) is 3.26. The Hall–Kier alpha value is -1.66. The molecule has 0 aromatic carbocycles. The van der Waals surface area contributed by atoms with E-state index in [4.69, 9.17) is 5.73 Å². The second kappa shape index (κ2) is 5.76. The van der Waals surface area contributed by atoms with Crippen molar-refractivity contribution in [3.05, 3.63) is 22.2 Å². The number of nitrogens with one attached hydrogen (secondary N) is 1. The summed E-state index contributed by atoms with van der Waals surface area (Å²) >= 11 is 1.37. The number of amides is 1. The second-order valence-corrected chi connectivity index (χ2v) is 5.93. The number of thiophene rings is 1. The minimum absolute atomic E-state index is 0.0437. The van der Waals surface area contributed by atoms with Crippen molar-refractivity contribution in [2.24, 2.45) is 0 Å². The zero-order valence-electron chi connectivity index (χ0n) is 12.3. The van der Waals surface area contributed by atoms with Gasteiger partial charge in [-0.05, 0) is 32.5 Å². The Kier molecular flexibility index (Phi) is 4.25. The quantitative estimate of drug-likeness (QED) is 0.901. The molecule has 6 heteroatoms. The number of carbonyl (C=O) groups is 1. The molecule has 0 aliphatic rings. The molecule has 2 aromatic heterocycles. The average molecular weight is 292 g/mol. The molecule has 20 heavy (non-hydrogen) atoms. The van der Waals surface area contributed by atoms with Crippen LogP contribution in [0.5, 0.6) is 0 Å². The van der Waals surface area contributed by atoms with Gasteiger partial charge in [0, 0.05) is 31.2 Å². The van der Waals surface area contributed by atoms with Gasteiger partial charge in [0.15, 0.2) is 0 Å². The van der Waals surface area contributed by atoms with E-state index in [1.165, 1.54) is 11.3 Å². The zero-order valence-corrected chi connectivity index (χ0v) is 13.1. The highest BCUT2D eigenvalue weighted by Crippen LogP contribution is 2.35. The van der Waals surface area contributed by atoms with E-state index in [2.05, 4.69) is 10.3 Å². The van der Waals surface area contributed by atoms with Gasteiger partial charge in [-0.15, -0.1) is 11.3 Å². The van der Waals surface area contributed by atoms with Crippen LogP contribution in [-0.4, -0.2) is 43.0 Å². The van der Waals surface area contributed by atoms with E-state index in [0.29, 0.717) is 17.1 Å². The smallest absolute Gasteiger partial charge is 0.265 e. The van der Waals surface area contributed by atoms with E-state index in [9.17, 15) is 4.79 Å². The number of aryl methyl sites for hydroxylation is 2. The van der Waals surface area contributed by atoms with Crippen molar-refractivity contribution < 1.29 is 4.79 Å². The van der Waals surface area contributed by atoms with Gasteiger partial charge < -0.3 is 16.0 Å². The van der Waals surface area contributed by atoms with Crippen LogP contribution >= 0.6 is 11.3 Å². The van der Waals surface area contributed by atoms with E-state index in [1.54, 1.807) is 11.9 Å². The average Bonchev–Trinajstić information content (AvgIpc) is 2.72. The predicted octanol–water partition coefficient (Wildman–Crippen LogP) is 1.79. The van der Waals surface area contributed by atoms with Crippen molar-refractivity contribution in [2.75, 3.05) is 32.9 Å². The number of hydrogen-bond donors (Lipinski definition) is 2. The molecule has 0 bridgehead atoms. The van der Waals surface area contributed by atoms with Gasteiger partial charge in [0.1, 0.15) is 9.71 Å². The molecule has 108 valence electrons. The minimum Gasteiger partial charge on any atom is -0.397 e. The number of nitrogens with two attached hydrogens (primary N) is 1. The predicted molar refractivity (Wildman–Crippen MR) is 84.4 cm³/mol. The highest BCUT2D eigenvalue weighted by atomic mass is 32.1. The molecule has 2 heterocycles. The first-order valence-corrected chi connectivity index (χ1v) is 7.33. The van der Waals surface area contributed by atoms with Crippen LogP contribution in [0.25, 0.3) is 10.2 Å². The number of rotatable bonds is 4. The molecule has 2 aromatic rings. The number of nitrogens with zero attached hydrogens (tertiary/aromatic N) is 2. The second-order valence-electron chi connectivity index (χ2n) is 4.94. The highest BCUT2D eigenvalue weighted by Gasteiger charge is 2.21. The molecule has 1 amide bonds. The SMILES string of the molecule is CNCCN(C)C(=O)c1sc2nc(C)cc(C)c2c1N. The first kappa shape index (κ1) is 14.7. The fraction of sp³-hybridized carbons (Fsp3) is 0.429. The van der Waals surface area contributed by atoms with Crippen LogP contribution in [0.2, 0.25) is 0 Å². The molecular weight excluding hydrogens is 272 g/mol. The number of nitrogen functional groups attached to an aromatic ring is 1. The van der Waals surface area contributed by atoms with Gasteiger partial charge in [-0.1, -0.05) is 0 Å². The summed E-state index contributed by atoms with van der Waals surface area (Å²) in [4.78, 5) is 20.0. The van der Waals surface area contributed by atoms with Crippen LogP contribution in [-0.2, 0) is 0 Å².